The van der Waals surface area contributed by atoms with Gasteiger partial charge in [-0.05, 0) is 54.8 Å². The maximum atomic E-state index is 14.0. The summed E-state index contributed by atoms with van der Waals surface area (Å²) in [6, 6.07) is 21.0. The first kappa shape index (κ1) is 28.4. The van der Waals surface area contributed by atoms with Crippen LogP contribution in [0.2, 0.25) is 5.02 Å². The van der Waals surface area contributed by atoms with Crippen molar-refractivity contribution in [2.45, 2.75) is 43.3 Å². The summed E-state index contributed by atoms with van der Waals surface area (Å²) in [5, 5.41) is 0.662. The van der Waals surface area contributed by atoms with Crippen LogP contribution in [0.5, 0.6) is 11.5 Å². The van der Waals surface area contributed by atoms with Crippen LogP contribution >= 0.6 is 23.1 Å². The monoisotopic (exact) mass is 598 g/mol. The van der Waals surface area contributed by atoms with Crippen molar-refractivity contribution in [3.05, 3.63) is 94.8 Å². The number of piperidine rings is 1. The lowest BCUT2D eigenvalue weighted by molar-refractivity contribution is 0.140. The van der Waals surface area contributed by atoms with Gasteiger partial charge in [-0.1, -0.05) is 54.4 Å². The summed E-state index contributed by atoms with van der Waals surface area (Å²) in [5.74, 6) is 1.11. The Bertz CT molecular complexity index is 1540. The Morgan fingerprint density at radius 3 is 2.52 bits per heavy atom. The fourth-order valence-electron chi connectivity index (χ4n) is 5.07. The third-order valence-electron chi connectivity index (χ3n) is 7.16. The van der Waals surface area contributed by atoms with Gasteiger partial charge in [0.25, 0.3) is 10.0 Å². The number of hydrogen-bond acceptors (Lipinski definition) is 8. The topological polar surface area (TPSA) is 84.9 Å². The zero-order valence-corrected chi connectivity index (χ0v) is 24.8. The average molecular weight is 599 g/mol. The van der Waals surface area contributed by atoms with Crippen molar-refractivity contribution in [1.82, 2.24) is 14.3 Å². The fraction of sp³-hybridized carbons (Fsp3) is 0.310. The van der Waals surface area contributed by atoms with Gasteiger partial charge in [-0.3, -0.25) is 4.90 Å². The smallest absolute Gasteiger partial charge is 0.266 e. The Kier molecular flexibility index (Phi) is 8.90. The Hall–Kier alpha value is -3.18. The van der Waals surface area contributed by atoms with Crippen LogP contribution in [-0.4, -0.2) is 43.4 Å². The van der Waals surface area contributed by atoms with E-state index in [0.29, 0.717) is 34.7 Å². The third-order valence-corrected chi connectivity index (χ3v) is 10.0. The summed E-state index contributed by atoms with van der Waals surface area (Å²) in [4.78, 5) is 6.71. The predicted molar refractivity (Wildman–Crippen MR) is 158 cm³/mol. The van der Waals surface area contributed by atoms with Crippen LogP contribution in [0.25, 0.3) is 0 Å². The average Bonchev–Trinajstić information content (AvgIpc) is 3.52. The van der Waals surface area contributed by atoms with E-state index in [9.17, 15) is 8.42 Å². The second-order valence-electron chi connectivity index (χ2n) is 9.56. The highest BCUT2D eigenvalue weighted by Gasteiger charge is 2.30. The lowest BCUT2D eigenvalue weighted by Crippen LogP contribution is -2.33. The molecule has 1 aliphatic heterocycles. The van der Waals surface area contributed by atoms with Gasteiger partial charge in [0, 0.05) is 40.8 Å². The molecule has 210 valence electrons. The number of rotatable bonds is 10. The maximum Gasteiger partial charge on any atom is 0.266 e. The Morgan fingerprint density at radius 1 is 1.02 bits per heavy atom. The number of anilines is 1. The first-order valence-electron chi connectivity index (χ1n) is 13.0. The number of nitrogens with zero attached hydrogens (tertiary/aromatic N) is 4. The molecule has 0 spiro atoms. The largest absolute Gasteiger partial charge is 0.497 e. The number of ether oxygens (including phenoxy) is 2. The van der Waals surface area contributed by atoms with E-state index in [1.54, 1.807) is 31.4 Å². The van der Waals surface area contributed by atoms with Crippen LogP contribution in [0.4, 0.5) is 5.13 Å². The van der Waals surface area contributed by atoms with Crippen molar-refractivity contribution < 1.29 is 17.9 Å². The van der Waals surface area contributed by atoms with Crippen molar-refractivity contribution in [3.63, 3.8) is 0 Å². The molecule has 0 unspecified atom stereocenters. The molecule has 1 atom stereocenters. The lowest BCUT2D eigenvalue weighted by atomic mass is 9.94. The van der Waals surface area contributed by atoms with E-state index in [2.05, 4.69) is 38.5 Å². The number of methoxy groups -OCH3 is 2. The van der Waals surface area contributed by atoms with E-state index in [1.165, 1.54) is 35.8 Å². The Labute approximate surface area is 244 Å². The first-order valence-corrected chi connectivity index (χ1v) is 15.6. The van der Waals surface area contributed by atoms with Crippen LogP contribution in [0, 0.1) is 0 Å². The lowest BCUT2D eigenvalue weighted by Gasteiger charge is -2.36. The number of sulfonamides is 1. The van der Waals surface area contributed by atoms with E-state index in [0.717, 1.165) is 36.5 Å². The molecule has 3 aromatic carbocycles. The van der Waals surface area contributed by atoms with E-state index in [4.69, 9.17) is 21.1 Å². The third kappa shape index (κ3) is 6.10. The van der Waals surface area contributed by atoms with Gasteiger partial charge in [-0.2, -0.15) is 4.37 Å². The van der Waals surface area contributed by atoms with E-state index in [-0.39, 0.29) is 16.6 Å². The molecule has 0 N–H and O–H groups in total. The molecule has 1 fully saturated rings. The molecule has 11 heteroatoms. The van der Waals surface area contributed by atoms with Crippen LogP contribution < -0.4 is 13.8 Å². The Morgan fingerprint density at radius 2 is 1.82 bits per heavy atom. The second kappa shape index (κ2) is 12.6. The number of aromatic nitrogens is 2. The molecule has 4 aromatic rings. The summed E-state index contributed by atoms with van der Waals surface area (Å²) < 4.78 is 44.0. The van der Waals surface area contributed by atoms with Crippen molar-refractivity contribution in [2.75, 3.05) is 25.1 Å². The highest BCUT2D eigenvalue weighted by Crippen LogP contribution is 2.35. The molecule has 1 aliphatic rings. The quantitative estimate of drug-likeness (QED) is 0.211. The molecule has 0 aliphatic carbocycles. The molecular formula is C29H31ClN4O4S2. The minimum absolute atomic E-state index is 0.00337. The minimum Gasteiger partial charge on any atom is -0.497 e. The zero-order valence-electron chi connectivity index (χ0n) is 22.4. The summed E-state index contributed by atoms with van der Waals surface area (Å²) in [5.41, 5.74) is 2.84. The normalized spacial score (nSPS) is 16.0. The van der Waals surface area contributed by atoms with Gasteiger partial charge >= 0.3 is 0 Å². The summed E-state index contributed by atoms with van der Waals surface area (Å²) in [6.07, 6.45) is 4.73. The Balaban J connectivity index is 1.42. The molecular weight excluding hydrogens is 568 g/mol. The molecule has 8 nitrogen and oxygen atoms in total. The van der Waals surface area contributed by atoms with Crippen LogP contribution in [0.15, 0.2) is 78.0 Å². The van der Waals surface area contributed by atoms with Gasteiger partial charge in [-0.15, -0.1) is 0 Å². The van der Waals surface area contributed by atoms with Crippen LogP contribution in [-0.2, 0) is 23.1 Å². The van der Waals surface area contributed by atoms with E-state index in [1.807, 2.05) is 12.1 Å². The molecule has 40 heavy (non-hydrogen) atoms. The molecule has 0 radical (unpaired) electrons. The fourth-order valence-corrected chi connectivity index (χ4v) is 7.53. The van der Waals surface area contributed by atoms with Gasteiger partial charge in [0.05, 0.1) is 25.7 Å². The van der Waals surface area contributed by atoms with Crippen molar-refractivity contribution in [2.24, 2.45) is 0 Å². The second-order valence-corrected chi connectivity index (χ2v) is 12.6. The molecule has 1 aromatic heterocycles. The molecule has 1 saturated heterocycles. The van der Waals surface area contributed by atoms with Crippen molar-refractivity contribution in [1.29, 1.82) is 0 Å². The highest BCUT2D eigenvalue weighted by atomic mass is 35.5. The van der Waals surface area contributed by atoms with E-state index >= 15 is 0 Å². The SMILES string of the molecule is COc1ccc(CN(c2ncns2)S(=O)(=O)c2ccc(CN3CCCC[C@H]3c3ccccc3)c(Cl)c2)c(OC)c1. The standard InChI is InChI=1S/C29H31ClN4O4S2/c1-37-24-13-11-23(28(16-24)38-2)19-34(29-31-20-32-39-29)40(35,36)25-14-12-22(26(30)17-25)18-33-15-7-6-10-27(33)21-8-4-3-5-9-21/h3-5,8-9,11-14,16-17,20,27H,6-7,10,15,18-19H2,1-2H3/t27-/m0/s1. The number of likely N-dealkylation sites (tertiary alicyclic amines) is 1. The van der Waals surface area contributed by atoms with Gasteiger partial charge in [0.15, 0.2) is 0 Å². The number of hydrogen-bond donors (Lipinski definition) is 0. The first-order chi connectivity index (χ1) is 19.4. The predicted octanol–water partition coefficient (Wildman–Crippen LogP) is 6.33. The molecule has 0 bridgehead atoms. The van der Waals surface area contributed by atoms with Gasteiger partial charge in [0.1, 0.15) is 17.8 Å². The summed E-state index contributed by atoms with van der Waals surface area (Å²) in [7, 11) is -0.937. The summed E-state index contributed by atoms with van der Waals surface area (Å²) >= 11 is 7.75. The number of halogens is 1. The van der Waals surface area contributed by atoms with E-state index < -0.39 is 10.0 Å². The van der Waals surface area contributed by atoms with Crippen molar-refractivity contribution >= 4 is 38.3 Å². The summed E-state index contributed by atoms with van der Waals surface area (Å²) in [6.45, 7) is 1.60. The zero-order chi connectivity index (χ0) is 28.1. The molecule has 0 amide bonds. The molecule has 5 rings (SSSR count). The van der Waals surface area contributed by atoms with Crippen molar-refractivity contribution in [3.8, 4) is 11.5 Å². The van der Waals surface area contributed by atoms with Crippen LogP contribution in [0.1, 0.15) is 42.0 Å². The number of benzene rings is 3. The minimum atomic E-state index is -4.03. The van der Waals surface area contributed by atoms with Crippen LogP contribution in [0.3, 0.4) is 0 Å². The highest BCUT2D eigenvalue weighted by molar-refractivity contribution is 7.93. The molecule has 0 saturated carbocycles. The van der Waals surface area contributed by atoms with Gasteiger partial charge in [0.2, 0.25) is 5.13 Å². The maximum absolute atomic E-state index is 14.0. The van der Waals surface area contributed by atoms with Gasteiger partial charge < -0.3 is 9.47 Å². The van der Waals surface area contributed by atoms with Gasteiger partial charge in [-0.25, -0.2) is 17.7 Å². The molecule has 2 heterocycles.